The second-order valence-corrected chi connectivity index (χ2v) is 8.31. The van der Waals surface area contributed by atoms with Crippen LogP contribution in [0.2, 0.25) is 0 Å². The number of alkyl halides is 3. The molecule has 2 rings (SSSR count). The van der Waals surface area contributed by atoms with Crippen LogP contribution in [-0.4, -0.2) is 38.1 Å². The van der Waals surface area contributed by atoms with E-state index < -0.39 is 33.1 Å². The van der Waals surface area contributed by atoms with Gasteiger partial charge in [-0.3, -0.25) is 0 Å². The maximum atomic E-state index is 12.9. The highest BCUT2D eigenvalue weighted by atomic mass is 32.2. The van der Waals surface area contributed by atoms with Crippen molar-refractivity contribution in [3.8, 4) is 5.75 Å². The zero-order valence-electron chi connectivity index (χ0n) is 13.7. The Balaban J connectivity index is 2.18. The van der Waals surface area contributed by atoms with Gasteiger partial charge in [-0.25, -0.2) is 13.2 Å². The lowest BCUT2D eigenvalue weighted by Crippen LogP contribution is -2.48. The molecule has 140 valence electrons. The van der Waals surface area contributed by atoms with Crippen molar-refractivity contribution in [2.75, 3.05) is 23.4 Å². The van der Waals surface area contributed by atoms with E-state index >= 15 is 0 Å². The predicted octanol–water partition coefficient (Wildman–Crippen LogP) is 2.80. The highest BCUT2D eigenvalue weighted by Crippen LogP contribution is 2.35. The van der Waals surface area contributed by atoms with Crippen LogP contribution in [0, 0.1) is 0 Å². The maximum absolute atomic E-state index is 12.9. The van der Waals surface area contributed by atoms with Crippen LogP contribution in [-0.2, 0) is 16.0 Å². The Labute approximate surface area is 143 Å². The summed E-state index contributed by atoms with van der Waals surface area (Å²) >= 11 is 0. The van der Waals surface area contributed by atoms with Crippen molar-refractivity contribution in [3.05, 3.63) is 23.8 Å². The van der Waals surface area contributed by atoms with Gasteiger partial charge in [0.05, 0.1) is 34.9 Å². The number of amides is 2. The number of carbonyl (C=O) groups is 1. The molecule has 1 saturated heterocycles. The second kappa shape index (κ2) is 6.74. The first-order valence-corrected chi connectivity index (χ1v) is 9.40. The topological polar surface area (TPSA) is 84.5 Å². The summed E-state index contributed by atoms with van der Waals surface area (Å²) in [5.41, 5.74) is -2.03. The van der Waals surface area contributed by atoms with E-state index in [0.29, 0.717) is 0 Å². The molecule has 25 heavy (non-hydrogen) atoms. The SMILES string of the molecule is CCOc1ccc(C(F)(F)F)cc1NC(=O)NC1(C)CCS(=O)(=O)C1. The molecule has 1 atom stereocenters. The van der Waals surface area contributed by atoms with Crippen molar-refractivity contribution < 1.29 is 31.1 Å². The highest BCUT2D eigenvalue weighted by molar-refractivity contribution is 7.91. The standard InChI is InChI=1S/C15H19F3N2O4S/c1-3-24-12-5-4-10(15(16,17)18)8-11(12)19-13(21)20-14(2)6-7-25(22,23)9-14/h4-5,8H,3,6-7,9H2,1-2H3,(H2,19,20,21). The summed E-state index contributed by atoms with van der Waals surface area (Å²) in [6.07, 6.45) is -4.33. The Hall–Kier alpha value is -1.97. The fraction of sp³-hybridized carbons (Fsp3) is 0.533. The van der Waals surface area contributed by atoms with E-state index in [1.165, 1.54) is 0 Å². The van der Waals surface area contributed by atoms with Crippen LogP contribution in [0.5, 0.6) is 5.75 Å². The van der Waals surface area contributed by atoms with Crippen molar-refractivity contribution in [2.45, 2.75) is 32.0 Å². The quantitative estimate of drug-likeness (QED) is 0.841. The molecule has 0 aliphatic carbocycles. The second-order valence-electron chi connectivity index (χ2n) is 6.12. The lowest BCUT2D eigenvalue weighted by molar-refractivity contribution is -0.137. The maximum Gasteiger partial charge on any atom is 0.416 e. The lowest BCUT2D eigenvalue weighted by Gasteiger charge is -2.24. The summed E-state index contributed by atoms with van der Waals surface area (Å²) in [6.45, 7) is 3.44. The number of anilines is 1. The Bertz CT molecular complexity index is 765. The molecule has 0 saturated carbocycles. The van der Waals surface area contributed by atoms with Crippen LogP contribution < -0.4 is 15.4 Å². The van der Waals surface area contributed by atoms with Crippen molar-refractivity contribution in [1.29, 1.82) is 0 Å². The van der Waals surface area contributed by atoms with Crippen molar-refractivity contribution >= 4 is 21.6 Å². The first-order valence-electron chi connectivity index (χ1n) is 7.58. The normalized spacial score (nSPS) is 22.4. The van der Waals surface area contributed by atoms with E-state index in [4.69, 9.17) is 4.74 Å². The van der Waals surface area contributed by atoms with E-state index in [9.17, 15) is 26.4 Å². The number of hydrogen-bond donors (Lipinski definition) is 2. The fourth-order valence-corrected chi connectivity index (χ4v) is 4.72. The molecule has 2 N–H and O–H groups in total. The van der Waals surface area contributed by atoms with Gasteiger partial charge in [0, 0.05) is 0 Å². The Morgan fingerprint density at radius 3 is 2.56 bits per heavy atom. The summed E-state index contributed by atoms with van der Waals surface area (Å²) in [5.74, 6) is -0.166. The monoisotopic (exact) mass is 380 g/mol. The molecule has 2 amide bonds. The molecule has 0 radical (unpaired) electrons. The minimum Gasteiger partial charge on any atom is -0.492 e. The zero-order chi connectivity index (χ0) is 18.9. The smallest absolute Gasteiger partial charge is 0.416 e. The van der Waals surface area contributed by atoms with Gasteiger partial charge >= 0.3 is 12.2 Å². The third-order valence-electron chi connectivity index (χ3n) is 3.77. The number of urea groups is 1. The number of nitrogens with one attached hydrogen (secondary N) is 2. The van der Waals surface area contributed by atoms with E-state index in [0.717, 1.165) is 18.2 Å². The van der Waals surface area contributed by atoms with E-state index in [1.807, 2.05) is 0 Å². The van der Waals surface area contributed by atoms with Gasteiger partial charge in [-0.15, -0.1) is 0 Å². The third-order valence-corrected chi connectivity index (χ3v) is 5.68. The zero-order valence-corrected chi connectivity index (χ0v) is 14.6. The summed E-state index contributed by atoms with van der Waals surface area (Å²) in [5, 5.41) is 4.84. The average molecular weight is 380 g/mol. The number of halogens is 3. The Morgan fingerprint density at radius 1 is 1.36 bits per heavy atom. The van der Waals surface area contributed by atoms with Gasteiger partial charge in [-0.1, -0.05) is 0 Å². The third kappa shape index (κ3) is 5.00. The predicted molar refractivity (Wildman–Crippen MR) is 86.4 cm³/mol. The number of rotatable bonds is 4. The van der Waals surface area contributed by atoms with E-state index in [1.54, 1.807) is 13.8 Å². The van der Waals surface area contributed by atoms with E-state index in [-0.39, 0.29) is 36.0 Å². The van der Waals surface area contributed by atoms with Gasteiger partial charge in [-0.2, -0.15) is 13.2 Å². The first-order chi connectivity index (χ1) is 11.4. The molecular weight excluding hydrogens is 361 g/mol. The van der Waals surface area contributed by atoms with Crippen molar-refractivity contribution in [1.82, 2.24) is 5.32 Å². The van der Waals surface area contributed by atoms with Gasteiger partial charge in [0.25, 0.3) is 0 Å². The number of carbonyl (C=O) groups excluding carboxylic acids is 1. The molecule has 0 spiro atoms. The largest absolute Gasteiger partial charge is 0.492 e. The van der Waals surface area contributed by atoms with Crippen LogP contribution in [0.15, 0.2) is 18.2 Å². The number of hydrogen-bond acceptors (Lipinski definition) is 4. The van der Waals surface area contributed by atoms with Crippen LogP contribution in [0.1, 0.15) is 25.8 Å². The van der Waals surface area contributed by atoms with Crippen LogP contribution >= 0.6 is 0 Å². The van der Waals surface area contributed by atoms with Crippen LogP contribution in [0.3, 0.4) is 0 Å². The molecule has 1 aliphatic heterocycles. The molecule has 1 unspecified atom stereocenters. The molecule has 6 nitrogen and oxygen atoms in total. The molecule has 0 aromatic heterocycles. The number of sulfone groups is 1. The van der Waals surface area contributed by atoms with Gasteiger partial charge < -0.3 is 15.4 Å². The molecular formula is C15H19F3N2O4S. The molecule has 1 aliphatic rings. The summed E-state index contributed by atoms with van der Waals surface area (Å²) in [4.78, 5) is 12.1. The number of benzene rings is 1. The average Bonchev–Trinajstić information content (AvgIpc) is 2.73. The van der Waals surface area contributed by atoms with E-state index in [2.05, 4.69) is 10.6 Å². The van der Waals surface area contributed by atoms with Gasteiger partial charge in [0.1, 0.15) is 5.75 Å². The van der Waals surface area contributed by atoms with Gasteiger partial charge in [0.2, 0.25) is 0 Å². The minimum atomic E-state index is -4.57. The lowest BCUT2D eigenvalue weighted by atomic mass is 10.0. The molecule has 1 aromatic carbocycles. The summed E-state index contributed by atoms with van der Waals surface area (Å²) in [6, 6.07) is 1.97. The number of ether oxygens (including phenoxy) is 1. The molecule has 0 bridgehead atoms. The molecule has 10 heteroatoms. The molecule has 1 fully saturated rings. The van der Waals surface area contributed by atoms with Gasteiger partial charge in [-0.05, 0) is 38.5 Å². The Kier molecular flexibility index (Phi) is 5.22. The van der Waals surface area contributed by atoms with Crippen molar-refractivity contribution in [2.24, 2.45) is 0 Å². The first kappa shape index (κ1) is 19.4. The summed E-state index contributed by atoms with van der Waals surface area (Å²) in [7, 11) is -3.23. The molecule has 1 aromatic rings. The van der Waals surface area contributed by atoms with Crippen LogP contribution in [0.25, 0.3) is 0 Å². The van der Waals surface area contributed by atoms with Gasteiger partial charge in [0.15, 0.2) is 9.84 Å². The fourth-order valence-electron chi connectivity index (χ4n) is 2.62. The minimum absolute atomic E-state index is 0.0441. The van der Waals surface area contributed by atoms with Crippen LogP contribution in [0.4, 0.5) is 23.7 Å². The summed E-state index contributed by atoms with van der Waals surface area (Å²) < 4.78 is 66.9. The highest BCUT2D eigenvalue weighted by Gasteiger charge is 2.39. The van der Waals surface area contributed by atoms with Crippen molar-refractivity contribution in [3.63, 3.8) is 0 Å². The molecule has 1 heterocycles. The Morgan fingerprint density at radius 2 is 2.04 bits per heavy atom.